The molecule has 218 valence electrons. The molecule has 1 atom stereocenters. The van der Waals surface area contributed by atoms with E-state index in [-0.39, 0.29) is 13.1 Å². The maximum absolute atomic E-state index is 15.2. The van der Waals surface area contributed by atoms with Crippen LogP contribution in [0.15, 0.2) is 65.7 Å². The summed E-state index contributed by atoms with van der Waals surface area (Å²) < 4.78 is 146. The van der Waals surface area contributed by atoms with Gasteiger partial charge in [-0.25, -0.2) is 43.9 Å². The summed E-state index contributed by atoms with van der Waals surface area (Å²) in [5, 5.41) is 2.87. The average Bonchev–Trinajstić information content (AvgIpc) is 3.00. The van der Waals surface area contributed by atoms with Crippen molar-refractivity contribution in [2.45, 2.75) is 26.1 Å². The van der Waals surface area contributed by atoms with Crippen LogP contribution in [0, 0.1) is 58.2 Å². The zero-order valence-corrected chi connectivity index (χ0v) is 21.6. The van der Waals surface area contributed by atoms with Crippen molar-refractivity contribution in [2.24, 2.45) is 4.99 Å². The van der Waals surface area contributed by atoms with Crippen molar-refractivity contribution in [1.82, 2.24) is 5.32 Å². The molecule has 0 aliphatic heterocycles. The zero-order chi connectivity index (χ0) is 30.7. The summed E-state index contributed by atoms with van der Waals surface area (Å²) >= 11 is 0. The second kappa shape index (κ2) is 12.8. The Morgan fingerprint density at radius 1 is 0.571 bits per heavy atom. The molecule has 0 saturated carbocycles. The number of nitrogens with one attached hydrogen (secondary N) is 1. The monoisotopic (exact) mass is 596 g/mol. The maximum atomic E-state index is 15.2. The van der Waals surface area contributed by atoms with Crippen LogP contribution >= 0.6 is 0 Å². The summed E-state index contributed by atoms with van der Waals surface area (Å²) in [6.45, 7) is -1.80. The van der Waals surface area contributed by atoms with Crippen LogP contribution in [0.25, 0.3) is 0 Å². The Labute approximate surface area is 233 Å². The molecule has 0 aliphatic carbocycles. The van der Waals surface area contributed by atoms with E-state index in [1.54, 1.807) is 60.7 Å². The van der Waals surface area contributed by atoms with Gasteiger partial charge in [0.05, 0.1) is 6.54 Å². The lowest BCUT2D eigenvalue weighted by molar-refractivity contribution is 0.382. The molecule has 0 amide bonds. The van der Waals surface area contributed by atoms with Gasteiger partial charge in [0.2, 0.25) is 0 Å². The summed E-state index contributed by atoms with van der Waals surface area (Å²) in [5.41, 5.74) is -3.25. The first kappa shape index (κ1) is 30.8. The third kappa shape index (κ3) is 5.92. The molecule has 13 heteroatoms. The molecule has 0 aliphatic rings. The Hall–Kier alpha value is -4.13. The fourth-order valence-electron chi connectivity index (χ4n) is 4.41. The maximum Gasteiger partial charge on any atom is 0.276 e. The fraction of sp³-hybridized carbons (Fsp3) is 0.138. The van der Waals surface area contributed by atoms with Gasteiger partial charge in [-0.2, -0.15) is 0 Å². The number of benzene rings is 4. The SMILES string of the molecule is CC(NCc1ccccc1)C(=NCc1ccccc1)B(c1c(F)c(F)c(F)c(F)c1F)c1c(F)c(F)c(F)c(F)c1F. The number of nitrogens with zero attached hydrogens (tertiary/aromatic N) is 1. The van der Waals surface area contributed by atoms with Crippen LogP contribution in [0.3, 0.4) is 0 Å². The number of aliphatic imine (C=N–C) groups is 1. The van der Waals surface area contributed by atoms with Gasteiger partial charge in [-0.1, -0.05) is 60.7 Å². The summed E-state index contributed by atoms with van der Waals surface area (Å²) in [7, 11) is 0. The van der Waals surface area contributed by atoms with Gasteiger partial charge in [0.15, 0.2) is 58.2 Å². The lowest BCUT2D eigenvalue weighted by Gasteiger charge is -2.26. The van der Waals surface area contributed by atoms with Gasteiger partial charge in [0, 0.05) is 29.1 Å². The first-order valence-corrected chi connectivity index (χ1v) is 12.3. The smallest absolute Gasteiger partial charge is 0.276 e. The minimum atomic E-state index is -2.75. The molecule has 1 N–H and O–H groups in total. The van der Waals surface area contributed by atoms with E-state index in [1.165, 1.54) is 6.92 Å². The minimum absolute atomic E-state index is 0.00723. The molecule has 0 heterocycles. The van der Waals surface area contributed by atoms with Gasteiger partial charge in [0.1, 0.15) is 0 Å². The molecule has 2 nitrogen and oxygen atoms in total. The molecule has 1 unspecified atom stereocenters. The standard InChI is InChI=1S/C29H19BF10N2/c1-14(41-12-15-8-4-2-5-9-15)29(42-13-16-10-6-3-7-11-16)30(17-19(31)23(35)27(39)24(36)20(17)32)18-21(33)25(37)28(40)26(38)22(18)34/h2-11,14,41H,12-13H2,1H3. The molecule has 0 radical (unpaired) electrons. The lowest BCUT2D eigenvalue weighted by Crippen LogP contribution is -2.60. The van der Waals surface area contributed by atoms with Crippen molar-refractivity contribution in [3.63, 3.8) is 0 Å². The highest BCUT2D eigenvalue weighted by Crippen LogP contribution is 2.22. The first-order chi connectivity index (χ1) is 20.0. The number of rotatable bonds is 9. The quantitative estimate of drug-likeness (QED) is 0.0823. The van der Waals surface area contributed by atoms with Crippen LogP contribution in [0.5, 0.6) is 0 Å². The van der Waals surface area contributed by atoms with Crippen molar-refractivity contribution in [3.8, 4) is 0 Å². The largest absolute Gasteiger partial charge is 0.306 e. The molecule has 4 rings (SSSR count). The highest BCUT2D eigenvalue weighted by atomic mass is 19.2. The molecular weight excluding hydrogens is 577 g/mol. The molecule has 4 aromatic carbocycles. The average molecular weight is 596 g/mol. The second-order valence-electron chi connectivity index (χ2n) is 9.22. The van der Waals surface area contributed by atoms with Crippen molar-refractivity contribution in [3.05, 3.63) is 130 Å². The van der Waals surface area contributed by atoms with E-state index in [1.807, 2.05) is 0 Å². The third-order valence-corrected chi connectivity index (χ3v) is 6.55. The van der Waals surface area contributed by atoms with Gasteiger partial charge >= 0.3 is 0 Å². The molecule has 0 bridgehead atoms. The summed E-state index contributed by atoms with van der Waals surface area (Å²) in [6, 6.07) is 15.1. The number of halogens is 10. The molecule has 42 heavy (non-hydrogen) atoms. The minimum Gasteiger partial charge on any atom is -0.306 e. The van der Waals surface area contributed by atoms with E-state index in [4.69, 9.17) is 0 Å². The molecule has 0 aromatic heterocycles. The first-order valence-electron chi connectivity index (χ1n) is 12.3. The van der Waals surface area contributed by atoms with Gasteiger partial charge in [-0.3, -0.25) is 4.99 Å². The van der Waals surface area contributed by atoms with Crippen molar-refractivity contribution in [1.29, 1.82) is 0 Å². The normalized spacial score (nSPS) is 12.5. The second-order valence-corrected chi connectivity index (χ2v) is 9.22. The van der Waals surface area contributed by atoms with Crippen LogP contribution in [0.4, 0.5) is 43.9 Å². The Morgan fingerprint density at radius 2 is 0.929 bits per heavy atom. The van der Waals surface area contributed by atoms with Gasteiger partial charge in [-0.15, -0.1) is 0 Å². The topological polar surface area (TPSA) is 24.4 Å². The van der Waals surface area contributed by atoms with E-state index in [0.717, 1.165) is 0 Å². The van der Waals surface area contributed by atoms with Gasteiger partial charge < -0.3 is 5.32 Å². The van der Waals surface area contributed by atoms with E-state index in [9.17, 15) is 26.3 Å². The van der Waals surface area contributed by atoms with Crippen LogP contribution in [-0.4, -0.2) is 18.4 Å². The molecule has 4 aromatic rings. The summed E-state index contributed by atoms with van der Waals surface area (Å²) in [5.74, 6) is -25.2. The van der Waals surface area contributed by atoms with Crippen molar-refractivity contribution < 1.29 is 43.9 Å². The highest BCUT2D eigenvalue weighted by Gasteiger charge is 2.43. The van der Waals surface area contributed by atoms with Crippen LogP contribution in [0.1, 0.15) is 18.1 Å². The van der Waals surface area contributed by atoms with E-state index in [2.05, 4.69) is 10.3 Å². The third-order valence-electron chi connectivity index (χ3n) is 6.55. The zero-order valence-electron chi connectivity index (χ0n) is 21.6. The Balaban J connectivity index is 2.02. The Morgan fingerprint density at radius 3 is 1.33 bits per heavy atom. The van der Waals surface area contributed by atoms with E-state index in [0.29, 0.717) is 11.1 Å². The molecule has 0 fully saturated rings. The summed E-state index contributed by atoms with van der Waals surface area (Å²) in [4.78, 5) is 4.20. The molecule has 0 saturated heterocycles. The van der Waals surface area contributed by atoms with Gasteiger partial charge in [0.25, 0.3) is 6.71 Å². The predicted octanol–water partition coefficient (Wildman–Crippen LogP) is 6.05. The van der Waals surface area contributed by atoms with Crippen molar-refractivity contribution >= 4 is 23.2 Å². The van der Waals surface area contributed by atoms with Crippen molar-refractivity contribution in [2.75, 3.05) is 0 Å². The van der Waals surface area contributed by atoms with Crippen LogP contribution < -0.4 is 16.2 Å². The molecular formula is C29H19BF10N2. The predicted molar refractivity (Wildman–Crippen MR) is 138 cm³/mol. The van der Waals surface area contributed by atoms with Crippen LogP contribution in [0.2, 0.25) is 0 Å². The fourth-order valence-corrected chi connectivity index (χ4v) is 4.41. The Kier molecular flexibility index (Phi) is 9.40. The van der Waals surface area contributed by atoms with E-state index < -0.39 is 87.5 Å². The van der Waals surface area contributed by atoms with E-state index >= 15 is 17.6 Å². The number of hydrogen-bond acceptors (Lipinski definition) is 2. The van der Waals surface area contributed by atoms with Crippen LogP contribution in [-0.2, 0) is 13.1 Å². The number of hydrogen-bond donors (Lipinski definition) is 1. The molecule has 0 spiro atoms. The lowest BCUT2D eigenvalue weighted by atomic mass is 9.35. The van der Waals surface area contributed by atoms with Gasteiger partial charge in [-0.05, 0) is 18.1 Å². The summed E-state index contributed by atoms with van der Waals surface area (Å²) in [6.07, 6.45) is 0. The Bertz CT molecular complexity index is 1500. The highest BCUT2D eigenvalue weighted by molar-refractivity contribution is 7.09.